The number of aromatic hydroxyl groups is 1. The van der Waals surface area contributed by atoms with Crippen LogP contribution in [0.1, 0.15) is 38.8 Å². The maximum Gasteiger partial charge on any atom is 0.120 e. The van der Waals surface area contributed by atoms with Gasteiger partial charge >= 0.3 is 0 Å². The summed E-state index contributed by atoms with van der Waals surface area (Å²) in [6.45, 7) is 7.40. The molecule has 0 bridgehead atoms. The fourth-order valence-electron chi connectivity index (χ4n) is 1.64. The second kappa shape index (κ2) is 6.50. The van der Waals surface area contributed by atoms with E-state index in [4.69, 9.17) is 4.74 Å². The second-order valence-corrected chi connectivity index (χ2v) is 4.57. The summed E-state index contributed by atoms with van der Waals surface area (Å²) in [6, 6.07) is 5.44. The van der Waals surface area contributed by atoms with Crippen LogP contribution in [0, 0.1) is 5.92 Å². The molecule has 0 fully saturated rings. The Morgan fingerprint density at radius 2 is 2.06 bits per heavy atom. The topological polar surface area (TPSA) is 41.5 Å². The monoisotopic (exact) mass is 237 g/mol. The number of rotatable bonds is 6. The molecule has 96 valence electrons. The standard InChI is InChI=1S/C14H23NO2/c1-5-10(2)9-15-11(3)13-8-12(17-4)6-7-14(13)16/h6-8,10-11,15-16H,5,9H2,1-4H3. The first kappa shape index (κ1) is 13.8. The molecule has 0 amide bonds. The van der Waals surface area contributed by atoms with Crippen molar-refractivity contribution in [2.24, 2.45) is 5.92 Å². The SMILES string of the molecule is CCC(C)CNC(C)c1cc(OC)ccc1O. The molecule has 0 aliphatic rings. The van der Waals surface area contributed by atoms with Crippen LogP contribution in [0.3, 0.4) is 0 Å². The zero-order chi connectivity index (χ0) is 12.8. The van der Waals surface area contributed by atoms with Gasteiger partial charge in [-0.15, -0.1) is 0 Å². The van der Waals surface area contributed by atoms with E-state index in [9.17, 15) is 5.11 Å². The van der Waals surface area contributed by atoms with Crippen molar-refractivity contribution < 1.29 is 9.84 Å². The molecule has 0 radical (unpaired) electrons. The zero-order valence-electron chi connectivity index (χ0n) is 11.2. The molecule has 2 unspecified atom stereocenters. The van der Waals surface area contributed by atoms with Crippen molar-refractivity contribution in [3.63, 3.8) is 0 Å². The smallest absolute Gasteiger partial charge is 0.120 e. The van der Waals surface area contributed by atoms with Gasteiger partial charge in [0.15, 0.2) is 0 Å². The van der Waals surface area contributed by atoms with Gasteiger partial charge in [0.2, 0.25) is 0 Å². The summed E-state index contributed by atoms with van der Waals surface area (Å²) in [7, 11) is 1.63. The molecule has 0 aliphatic carbocycles. The normalized spacial score (nSPS) is 14.4. The van der Waals surface area contributed by atoms with Gasteiger partial charge in [-0.2, -0.15) is 0 Å². The van der Waals surface area contributed by atoms with E-state index in [2.05, 4.69) is 26.1 Å². The van der Waals surface area contributed by atoms with Gasteiger partial charge in [-0.05, 0) is 37.6 Å². The Morgan fingerprint density at radius 3 is 2.65 bits per heavy atom. The van der Waals surface area contributed by atoms with E-state index in [-0.39, 0.29) is 6.04 Å². The molecule has 3 heteroatoms. The van der Waals surface area contributed by atoms with Crippen molar-refractivity contribution >= 4 is 0 Å². The Morgan fingerprint density at radius 1 is 1.35 bits per heavy atom. The van der Waals surface area contributed by atoms with Crippen LogP contribution >= 0.6 is 0 Å². The number of phenolic OH excluding ortho intramolecular Hbond substituents is 1. The van der Waals surface area contributed by atoms with Crippen molar-refractivity contribution in [2.75, 3.05) is 13.7 Å². The molecular weight excluding hydrogens is 214 g/mol. The minimum atomic E-state index is 0.124. The largest absolute Gasteiger partial charge is 0.508 e. The first-order valence-corrected chi connectivity index (χ1v) is 6.18. The fraction of sp³-hybridized carbons (Fsp3) is 0.571. The molecule has 2 atom stereocenters. The number of hydrogen-bond acceptors (Lipinski definition) is 3. The quantitative estimate of drug-likeness (QED) is 0.799. The molecular formula is C14H23NO2. The van der Waals surface area contributed by atoms with Gasteiger partial charge in [0.25, 0.3) is 0 Å². The van der Waals surface area contributed by atoms with E-state index in [1.165, 1.54) is 0 Å². The highest BCUT2D eigenvalue weighted by atomic mass is 16.5. The first-order chi connectivity index (χ1) is 8.08. The van der Waals surface area contributed by atoms with Crippen LogP contribution in [0.4, 0.5) is 0 Å². The minimum Gasteiger partial charge on any atom is -0.508 e. The molecule has 1 rings (SSSR count). The summed E-state index contributed by atoms with van der Waals surface area (Å²) in [5.41, 5.74) is 0.882. The second-order valence-electron chi connectivity index (χ2n) is 4.57. The Hall–Kier alpha value is -1.22. The lowest BCUT2D eigenvalue weighted by Crippen LogP contribution is -2.24. The van der Waals surface area contributed by atoms with Crippen LogP contribution in [-0.4, -0.2) is 18.8 Å². The maximum absolute atomic E-state index is 9.83. The average Bonchev–Trinajstić information content (AvgIpc) is 2.36. The summed E-state index contributed by atoms with van der Waals surface area (Å²) < 4.78 is 5.17. The summed E-state index contributed by atoms with van der Waals surface area (Å²) >= 11 is 0. The molecule has 1 aromatic carbocycles. The van der Waals surface area contributed by atoms with Crippen LogP contribution in [0.15, 0.2) is 18.2 Å². The molecule has 0 saturated carbocycles. The molecule has 0 spiro atoms. The maximum atomic E-state index is 9.83. The van der Waals surface area contributed by atoms with Crippen LogP contribution in [0.2, 0.25) is 0 Å². The fourth-order valence-corrected chi connectivity index (χ4v) is 1.64. The van der Waals surface area contributed by atoms with Gasteiger partial charge in [-0.1, -0.05) is 20.3 Å². The van der Waals surface area contributed by atoms with E-state index < -0.39 is 0 Å². The lowest BCUT2D eigenvalue weighted by molar-refractivity contribution is 0.404. The summed E-state index contributed by atoms with van der Waals surface area (Å²) in [4.78, 5) is 0. The molecule has 17 heavy (non-hydrogen) atoms. The van der Waals surface area contributed by atoms with Crippen molar-refractivity contribution in [1.82, 2.24) is 5.32 Å². The third kappa shape index (κ3) is 3.93. The molecule has 0 saturated heterocycles. The summed E-state index contributed by atoms with van der Waals surface area (Å²) in [5, 5.41) is 13.3. The number of nitrogens with one attached hydrogen (secondary N) is 1. The van der Waals surface area contributed by atoms with E-state index in [1.807, 2.05) is 6.07 Å². The summed E-state index contributed by atoms with van der Waals surface area (Å²) in [5.74, 6) is 1.73. The van der Waals surface area contributed by atoms with Gasteiger partial charge in [0, 0.05) is 11.6 Å². The van der Waals surface area contributed by atoms with Gasteiger partial charge in [-0.25, -0.2) is 0 Å². The highest BCUT2D eigenvalue weighted by Crippen LogP contribution is 2.28. The van der Waals surface area contributed by atoms with Crippen LogP contribution in [-0.2, 0) is 0 Å². The highest BCUT2D eigenvalue weighted by molar-refractivity contribution is 5.41. The Bertz CT molecular complexity index is 352. The molecule has 2 N–H and O–H groups in total. The van der Waals surface area contributed by atoms with Crippen LogP contribution < -0.4 is 10.1 Å². The van der Waals surface area contributed by atoms with E-state index >= 15 is 0 Å². The van der Waals surface area contributed by atoms with Crippen LogP contribution in [0.25, 0.3) is 0 Å². The Kier molecular flexibility index (Phi) is 5.29. The van der Waals surface area contributed by atoms with Gasteiger partial charge in [0.05, 0.1) is 7.11 Å². The molecule has 0 aromatic heterocycles. The molecule has 1 aromatic rings. The van der Waals surface area contributed by atoms with E-state index in [0.29, 0.717) is 11.7 Å². The predicted octanol–water partition coefficient (Wildman–Crippen LogP) is 3.10. The van der Waals surface area contributed by atoms with Crippen molar-refractivity contribution in [1.29, 1.82) is 0 Å². The zero-order valence-corrected chi connectivity index (χ0v) is 11.2. The van der Waals surface area contributed by atoms with Crippen molar-refractivity contribution in [3.8, 4) is 11.5 Å². The number of hydrogen-bond donors (Lipinski definition) is 2. The first-order valence-electron chi connectivity index (χ1n) is 6.18. The third-order valence-corrected chi connectivity index (χ3v) is 3.17. The van der Waals surface area contributed by atoms with Crippen molar-refractivity contribution in [3.05, 3.63) is 23.8 Å². The molecule has 0 heterocycles. The third-order valence-electron chi connectivity index (χ3n) is 3.17. The predicted molar refractivity (Wildman–Crippen MR) is 70.5 cm³/mol. The lowest BCUT2D eigenvalue weighted by atomic mass is 10.0. The number of methoxy groups -OCH3 is 1. The highest BCUT2D eigenvalue weighted by Gasteiger charge is 2.12. The minimum absolute atomic E-state index is 0.124. The van der Waals surface area contributed by atoms with Gasteiger partial charge in [0.1, 0.15) is 11.5 Å². The lowest BCUT2D eigenvalue weighted by Gasteiger charge is -2.18. The molecule has 0 aliphatic heterocycles. The number of phenols is 1. The summed E-state index contributed by atoms with van der Waals surface area (Å²) in [6.07, 6.45) is 1.16. The average molecular weight is 237 g/mol. The van der Waals surface area contributed by atoms with E-state index in [1.54, 1.807) is 19.2 Å². The van der Waals surface area contributed by atoms with E-state index in [0.717, 1.165) is 24.3 Å². The number of benzene rings is 1. The van der Waals surface area contributed by atoms with Crippen molar-refractivity contribution in [2.45, 2.75) is 33.2 Å². The number of ether oxygens (including phenoxy) is 1. The Balaban J connectivity index is 2.70. The van der Waals surface area contributed by atoms with Gasteiger partial charge < -0.3 is 15.2 Å². The molecule has 3 nitrogen and oxygen atoms in total. The van der Waals surface area contributed by atoms with Gasteiger partial charge in [-0.3, -0.25) is 0 Å². The van der Waals surface area contributed by atoms with Crippen LogP contribution in [0.5, 0.6) is 11.5 Å². The Labute approximate surface area is 104 Å².